The van der Waals surface area contributed by atoms with Crippen LogP contribution in [0.4, 0.5) is 10.1 Å². The number of nitrogens with one attached hydrogen (secondary N) is 2. The maximum atomic E-state index is 13.3. The van der Waals surface area contributed by atoms with E-state index in [4.69, 9.17) is 0 Å². The number of hydrogen-bond acceptors (Lipinski definition) is 3. The predicted octanol–water partition coefficient (Wildman–Crippen LogP) is 0.314. The summed E-state index contributed by atoms with van der Waals surface area (Å²) in [5.41, 5.74) is -1.31. The molecule has 0 bridgehead atoms. The van der Waals surface area contributed by atoms with Crippen molar-refractivity contribution in [2.45, 2.75) is 6.54 Å². The number of carbonyl (C=O) groups excluding carboxylic acids is 1. The third-order valence-corrected chi connectivity index (χ3v) is 2.39. The highest BCUT2D eigenvalue weighted by atomic mass is 19.1. The summed E-state index contributed by atoms with van der Waals surface area (Å²) in [5.74, 6) is -1.26. The fourth-order valence-electron chi connectivity index (χ4n) is 1.50. The first kappa shape index (κ1) is 12.7. The molecule has 1 aromatic carbocycles. The molecule has 7 heteroatoms. The van der Waals surface area contributed by atoms with Crippen molar-refractivity contribution in [1.29, 1.82) is 0 Å². The molecule has 0 unspecified atom stereocenters. The molecular weight excluding hydrogens is 253 g/mol. The molecule has 6 nitrogen and oxygen atoms in total. The van der Waals surface area contributed by atoms with Crippen molar-refractivity contribution in [1.82, 2.24) is 9.55 Å². The van der Waals surface area contributed by atoms with Crippen molar-refractivity contribution in [2.24, 2.45) is 0 Å². The summed E-state index contributed by atoms with van der Waals surface area (Å²) in [6.45, 7) is -0.483. The second-order valence-electron chi connectivity index (χ2n) is 3.74. The van der Waals surface area contributed by atoms with Crippen molar-refractivity contribution in [3.05, 3.63) is 63.2 Å². The lowest BCUT2D eigenvalue weighted by Gasteiger charge is -2.06. The molecule has 1 heterocycles. The summed E-state index contributed by atoms with van der Waals surface area (Å²) >= 11 is 0. The number of H-pyrrole nitrogens is 1. The number of rotatable bonds is 3. The lowest BCUT2D eigenvalue weighted by atomic mass is 10.3. The van der Waals surface area contributed by atoms with Gasteiger partial charge in [-0.15, -0.1) is 0 Å². The minimum Gasteiger partial charge on any atom is -0.322 e. The number of benzene rings is 1. The zero-order chi connectivity index (χ0) is 13.8. The quantitative estimate of drug-likeness (QED) is 0.836. The van der Waals surface area contributed by atoms with Gasteiger partial charge in [0.1, 0.15) is 12.4 Å². The number of aromatic amines is 1. The topological polar surface area (TPSA) is 84.0 Å². The highest BCUT2D eigenvalue weighted by molar-refractivity contribution is 5.90. The summed E-state index contributed by atoms with van der Waals surface area (Å²) in [6.07, 6.45) is 1.19. The SMILES string of the molecule is O=C(Cn1c(=O)cc[nH]c1=O)Nc1ccccc1F. The van der Waals surface area contributed by atoms with Gasteiger partial charge in [-0.25, -0.2) is 9.18 Å². The number of halogens is 1. The molecule has 1 amide bonds. The highest BCUT2D eigenvalue weighted by Gasteiger charge is 2.09. The van der Waals surface area contributed by atoms with Crippen molar-refractivity contribution >= 4 is 11.6 Å². The van der Waals surface area contributed by atoms with E-state index in [2.05, 4.69) is 10.3 Å². The number of amides is 1. The fraction of sp³-hybridized carbons (Fsp3) is 0.0833. The number of nitrogens with zero attached hydrogens (tertiary/aromatic N) is 1. The molecule has 1 aromatic heterocycles. The van der Waals surface area contributed by atoms with Crippen LogP contribution >= 0.6 is 0 Å². The van der Waals surface area contributed by atoms with Gasteiger partial charge in [0.25, 0.3) is 5.56 Å². The Labute approximate surface area is 106 Å². The van der Waals surface area contributed by atoms with E-state index in [-0.39, 0.29) is 5.69 Å². The smallest absolute Gasteiger partial charge is 0.322 e. The monoisotopic (exact) mass is 263 g/mol. The van der Waals surface area contributed by atoms with Gasteiger partial charge < -0.3 is 10.3 Å². The van der Waals surface area contributed by atoms with Gasteiger partial charge >= 0.3 is 5.69 Å². The maximum absolute atomic E-state index is 13.3. The van der Waals surface area contributed by atoms with Crippen LogP contribution in [-0.2, 0) is 11.3 Å². The van der Waals surface area contributed by atoms with Crippen LogP contribution in [0.25, 0.3) is 0 Å². The zero-order valence-electron chi connectivity index (χ0n) is 9.72. The van der Waals surface area contributed by atoms with E-state index in [0.717, 1.165) is 10.6 Å². The normalized spacial score (nSPS) is 10.2. The molecule has 0 aliphatic heterocycles. The Morgan fingerprint density at radius 1 is 1.26 bits per heavy atom. The first-order valence-corrected chi connectivity index (χ1v) is 5.41. The van der Waals surface area contributed by atoms with E-state index in [1.807, 2.05) is 0 Å². The van der Waals surface area contributed by atoms with Crippen molar-refractivity contribution in [3.8, 4) is 0 Å². The van der Waals surface area contributed by atoms with Crippen LogP contribution in [0.15, 0.2) is 46.1 Å². The van der Waals surface area contributed by atoms with Gasteiger partial charge in [-0.3, -0.25) is 14.2 Å². The second-order valence-corrected chi connectivity index (χ2v) is 3.74. The molecule has 0 radical (unpaired) electrons. The average molecular weight is 263 g/mol. The molecule has 0 saturated carbocycles. The molecule has 2 aromatic rings. The Hall–Kier alpha value is -2.70. The number of para-hydroxylation sites is 1. The molecule has 0 saturated heterocycles. The van der Waals surface area contributed by atoms with E-state index >= 15 is 0 Å². The molecule has 0 fully saturated rings. The van der Waals surface area contributed by atoms with Gasteiger partial charge in [0.2, 0.25) is 5.91 Å². The van der Waals surface area contributed by atoms with Crippen molar-refractivity contribution in [2.75, 3.05) is 5.32 Å². The average Bonchev–Trinajstić information content (AvgIpc) is 2.37. The number of anilines is 1. The van der Waals surface area contributed by atoms with Gasteiger partial charge in [0.15, 0.2) is 0 Å². The van der Waals surface area contributed by atoms with E-state index in [9.17, 15) is 18.8 Å². The molecule has 2 N–H and O–H groups in total. The first-order chi connectivity index (χ1) is 9.08. The first-order valence-electron chi connectivity index (χ1n) is 5.41. The van der Waals surface area contributed by atoms with Crippen molar-refractivity contribution in [3.63, 3.8) is 0 Å². The third-order valence-electron chi connectivity index (χ3n) is 2.39. The molecular formula is C12H10FN3O3. The number of hydrogen-bond donors (Lipinski definition) is 2. The molecule has 0 aliphatic carbocycles. The lowest BCUT2D eigenvalue weighted by Crippen LogP contribution is -2.37. The Morgan fingerprint density at radius 3 is 2.68 bits per heavy atom. The van der Waals surface area contributed by atoms with Crippen LogP contribution in [0.1, 0.15) is 0 Å². The van der Waals surface area contributed by atoms with Gasteiger partial charge in [-0.05, 0) is 12.1 Å². The van der Waals surface area contributed by atoms with Crippen LogP contribution < -0.4 is 16.6 Å². The van der Waals surface area contributed by atoms with E-state index in [0.29, 0.717) is 0 Å². The van der Waals surface area contributed by atoms with Gasteiger partial charge in [0.05, 0.1) is 5.69 Å². The molecule has 0 spiro atoms. The van der Waals surface area contributed by atoms with E-state index in [1.165, 1.54) is 24.4 Å². The Bertz CT molecular complexity index is 692. The van der Waals surface area contributed by atoms with Gasteiger partial charge in [-0.1, -0.05) is 12.1 Å². The summed E-state index contributed by atoms with van der Waals surface area (Å²) < 4.78 is 14.0. The highest BCUT2D eigenvalue weighted by Crippen LogP contribution is 2.11. The van der Waals surface area contributed by atoms with E-state index in [1.54, 1.807) is 6.07 Å². The van der Waals surface area contributed by atoms with E-state index < -0.39 is 29.5 Å². The van der Waals surface area contributed by atoms with Crippen LogP contribution in [-0.4, -0.2) is 15.5 Å². The maximum Gasteiger partial charge on any atom is 0.328 e. The number of carbonyl (C=O) groups is 1. The molecule has 19 heavy (non-hydrogen) atoms. The molecule has 98 valence electrons. The second kappa shape index (κ2) is 5.30. The standard InChI is InChI=1S/C12H10FN3O3/c13-8-3-1-2-4-9(8)15-10(17)7-16-11(18)5-6-14-12(16)19/h1-6H,7H2,(H,14,19)(H,15,17). The molecule has 2 rings (SSSR count). The Morgan fingerprint density at radius 2 is 2.00 bits per heavy atom. The molecule has 0 atom stereocenters. The Balaban J connectivity index is 2.17. The summed E-state index contributed by atoms with van der Waals surface area (Å²) in [6, 6.07) is 6.73. The number of aromatic nitrogens is 2. The van der Waals surface area contributed by atoms with Gasteiger partial charge in [0, 0.05) is 12.3 Å². The third kappa shape index (κ3) is 2.95. The lowest BCUT2D eigenvalue weighted by molar-refractivity contribution is -0.116. The van der Waals surface area contributed by atoms with Crippen molar-refractivity contribution < 1.29 is 9.18 Å². The van der Waals surface area contributed by atoms with Crippen LogP contribution in [0, 0.1) is 5.82 Å². The Kier molecular flexibility index (Phi) is 3.56. The summed E-state index contributed by atoms with van der Waals surface area (Å²) in [7, 11) is 0. The van der Waals surface area contributed by atoms with Crippen LogP contribution in [0.2, 0.25) is 0 Å². The van der Waals surface area contributed by atoms with Crippen LogP contribution in [0.5, 0.6) is 0 Å². The largest absolute Gasteiger partial charge is 0.328 e. The fourth-order valence-corrected chi connectivity index (χ4v) is 1.50. The summed E-state index contributed by atoms with van der Waals surface area (Å²) in [5, 5.41) is 2.29. The summed E-state index contributed by atoms with van der Waals surface area (Å²) in [4.78, 5) is 36.7. The minimum atomic E-state index is -0.698. The predicted molar refractivity (Wildman–Crippen MR) is 66.4 cm³/mol. The molecule has 0 aliphatic rings. The zero-order valence-corrected chi connectivity index (χ0v) is 9.72. The van der Waals surface area contributed by atoms with Crippen LogP contribution in [0.3, 0.4) is 0 Å². The van der Waals surface area contributed by atoms with Gasteiger partial charge in [-0.2, -0.15) is 0 Å². The minimum absolute atomic E-state index is 0.00657.